The van der Waals surface area contributed by atoms with E-state index in [1.54, 1.807) is 24.3 Å². The molecule has 0 aromatic heterocycles. The predicted octanol–water partition coefficient (Wildman–Crippen LogP) is 2.99. The van der Waals surface area contributed by atoms with Gasteiger partial charge in [-0.1, -0.05) is 29.8 Å². The number of thiol groups is 1. The fraction of sp³-hybridized carbons (Fsp3) is 0.111. The van der Waals surface area contributed by atoms with Crippen molar-refractivity contribution in [2.24, 2.45) is 0 Å². The van der Waals surface area contributed by atoms with E-state index in [9.17, 15) is 5.11 Å². The summed E-state index contributed by atoms with van der Waals surface area (Å²) in [6, 6.07) is 5.04. The molecule has 0 atom stereocenters. The SMILES string of the molecule is Oc1cccc(Cl)c1C=CCS. The molecule has 0 amide bonds. The Bertz CT molecular complexity index is 276. The second-order valence-electron chi connectivity index (χ2n) is 2.26. The molecule has 0 spiro atoms. The molecular weight excluding hydrogens is 192 g/mol. The molecule has 0 aliphatic heterocycles. The highest BCUT2D eigenvalue weighted by molar-refractivity contribution is 7.80. The maximum Gasteiger partial charge on any atom is 0.124 e. The maximum absolute atomic E-state index is 9.36. The van der Waals surface area contributed by atoms with Crippen LogP contribution in [0.1, 0.15) is 5.56 Å². The minimum absolute atomic E-state index is 0.195. The van der Waals surface area contributed by atoms with Gasteiger partial charge in [0, 0.05) is 11.3 Å². The molecule has 3 heteroatoms. The Morgan fingerprint density at radius 1 is 1.50 bits per heavy atom. The van der Waals surface area contributed by atoms with E-state index in [1.807, 2.05) is 6.08 Å². The van der Waals surface area contributed by atoms with Crippen LogP contribution in [-0.4, -0.2) is 10.9 Å². The van der Waals surface area contributed by atoms with Gasteiger partial charge in [-0.15, -0.1) is 0 Å². The van der Waals surface area contributed by atoms with E-state index in [0.717, 1.165) is 0 Å². The van der Waals surface area contributed by atoms with Gasteiger partial charge in [-0.05, 0) is 12.1 Å². The third kappa shape index (κ3) is 2.19. The van der Waals surface area contributed by atoms with Gasteiger partial charge in [-0.3, -0.25) is 0 Å². The van der Waals surface area contributed by atoms with Crippen LogP contribution in [0.3, 0.4) is 0 Å². The van der Waals surface area contributed by atoms with Crippen molar-refractivity contribution in [3.63, 3.8) is 0 Å². The first kappa shape index (κ1) is 9.49. The highest BCUT2D eigenvalue weighted by atomic mass is 35.5. The molecule has 64 valence electrons. The Balaban J connectivity index is 3.04. The fourth-order valence-corrected chi connectivity index (χ4v) is 1.20. The first-order chi connectivity index (χ1) is 5.75. The molecule has 1 aromatic rings. The van der Waals surface area contributed by atoms with Gasteiger partial charge in [0.25, 0.3) is 0 Å². The molecule has 0 heterocycles. The molecule has 0 fully saturated rings. The number of aromatic hydroxyl groups is 1. The van der Waals surface area contributed by atoms with E-state index >= 15 is 0 Å². The number of halogens is 1. The van der Waals surface area contributed by atoms with Crippen LogP contribution in [0.2, 0.25) is 5.02 Å². The van der Waals surface area contributed by atoms with Crippen molar-refractivity contribution in [3.8, 4) is 5.75 Å². The number of phenolic OH excluding ortho intramolecular Hbond substituents is 1. The minimum Gasteiger partial charge on any atom is -0.507 e. The lowest BCUT2D eigenvalue weighted by Gasteiger charge is -2.00. The van der Waals surface area contributed by atoms with Crippen LogP contribution in [0.4, 0.5) is 0 Å². The van der Waals surface area contributed by atoms with Crippen molar-refractivity contribution in [3.05, 3.63) is 34.9 Å². The summed E-state index contributed by atoms with van der Waals surface area (Å²) in [4.78, 5) is 0. The zero-order valence-electron chi connectivity index (χ0n) is 6.37. The molecule has 0 saturated heterocycles. The zero-order chi connectivity index (χ0) is 8.97. The van der Waals surface area contributed by atoms with Crippen LogP contribution in [0.5, 0.6) is 5.75 Å². The average molecular weight is 201 g/mol. The standard InChI is InChI=1S/C9H9ClOS/c10-8-4-1-5-9(11)7(8)3-2-6-12/h1-5,11-12H,6H2. The number of rotatable bonds is 2. The van der Waals surface area contributed by atoms with Crippen LogP contribution >= 0.6 is 24.2 Å². The van der Waals surface area contributed by atoms with E-state index < -0.39 is 0 Å². The first-order valence-corrected chi connectivity index (χ1v) is 4.51. The topological polar surface area (TPSA) is 20.2 Å². The van der Waals surface area contributed by atoms with Gasteiger partial charge < -0.3 is 5.11 Å². The summed E-state index contributed by atoms with van der Waals surface area (Å²) in [6.07, 6.45) is 3.58. The zero-order valence-corrected chi connectivity index (χ0v) is 8.02. The summed E-state index contributed by atoms with van der Waals surface area (Å²) in [7, 11) is 0. The smallest absolute Gasteiger partial charge is 0.124 e. The van der Waals surface area contributed by atoms with E-state index in [-0.39, 0.29) is 5.75 Å². The molecule has 0 bridgehead atoms. The Kier molecular flexibility index (Phi) is 3.50. The average Bonchev–Trinajstić information content (AvgIpc) is 2.04. The summed E-state index contributed by atoms with van der Waals surface area (Å²) >= 11 is 9.84. The third-order valence-electron chi connectivity index (χ3n) is 1.42. The van der Waals surface area contributed by atoms with Gasteiger partial charge in [0.2, 0.25) is 0 Å². The largest absolute Gasteiger partial charge is 0.507 e. The molecule has 1 N–H and O–H groups in total. The van der Waals surface area contributed by atoms with Crippen molar-refractivity contribution >= 4 is 30.3 Å². The van der Waals surface area contributed by atoms with Gasteiger partial charge in [0.1, 0.15) is 5.75 Å². The Hall–Kier alpha value is -0.600. The molecular formula is C9H9ClOS. The summed E-state index contributed by atoms with van der Waals surface area (Å²) in [5, 5.41) is 9.91. The van der Waals surface area contributed by atoms with E-state index in [1.165, 1.54) is 0 Å². The molecule has 0 saturated carbocycles. The molecule has 0 unspecified atom stereocenters. The molecule has 1 aromatic carbocycles. The fourth-order valence-electron chi connectivity index (χ4n) is 0.861. The van der Waals surface area contributed by atoms with Crippen LogP contribution < -0.4 is 0 Å². The highest BCUT2D eigenvalue weighted by Gasteiger charge is 2.00. The summed E-state index contributed by atoms with van der Waals surface area (Å²) in [5.41, 5.74) is 0.646. The maximum atomic E-state index is 9.36. The second-order valence-corrected chi connectivity index (χ2v) is 3.03. The number of phenols is 1. The Morgan fingerprint density at radius 3 is 2.83 bits per heavy atom. The molecule has 1 nitrogen and oxygen atoms in total. The van der Waals surface area contributed by atoms with Crippen LogP contribution in [0.15, 0.2) is 24.3 Å². The Morgan fingerprint density at radius 2 is 2.25 bits per heavy atom. The van der Waals surface area contributed by atoms with Crippen LogP contribution in [-0.2, 0) is 0 Å². The van der Waals surface area contributed by atoms with Crippen molar-refractivity contribution in [1.29, 1.82) is 0 Å². The van der Waals surface area contributed by atoms with Crippen molar-refractivity contribution in [2.45, 2.75) is 0 Å². The van der Waals surface area contributed by atoms with Gasteiger partial charge in [-0.2, -0.15) is 12.6 Å². The van der Waals surface area contributed by atoms with E-state index in [2.05, 4.69) is 12.6 Å². The number of benzene rings is 1. The Labute approximate surface area is 82.1 Å². The summed E-state index contributed by atoms with van der Waals surface area (Å²) < 4.78 is 0. The lowest BCUT2D eigenvalue weighted by atomic mass is 10.2. The summed E-state index contributed by atoms with van der Waals surface area (Å²) in [6.45, 7) is 0. The van der Waals surface area contributed by atoms with Crippen LogP contribution in [0, 0.1) is 0 Å². The lowest BCUT2D eigenvalue weighted by molar-refractivity contribution is 0.474. The first-order valence-electron chi connectivity index (χ1n) is 3.50. The monoisotopic (exact) mass is 200 g/mol. The number of hydrogen-bond acceptors (Lipinski definition) is 2. The molecule has 0 aliphatic carbocycles. The van der Waals surface area contributed by atoms with Gasteiger partial charge in [0.15, 0.2) is 0 Å². The molecule has 0 radical (unpaired) electrons. The predicted molar refractivity (Wildman–Crippen MR) is 56.0 cm³/mol. The van der Waals surface area contributed by atoms with E-state index in [0.29, 0.717) is 16.3 Å². The normalized spacial score (nSPS) is 10.8. The lowest BCUT2D eigenvalue weighted by Crippen LogP contribution is -1.76. The summed E-state index contributed by atoms with van der Waals surface area (Å²) in [5.74, 6) is 0.825. The van der Waals surface area contributed by atoms with Gasteiger partial charge in [0.05, 0.1) is 5.02 Å². The quantitative estimate of drug-likeness (QED) is 0.704. The number of hydrogen-bond donors (Lipinski definition) is 2. The molecule has 0 aliphatic rings. The molecule has 12 heavy (non-hydrogen) atoms. The van der Waals surface area contributed by atoms with Crippen LogP contribution in [0.25, 0.3) is 6.08 Å². The van der Waals surface area contributed by atoms with Gasteiger partial charge >= 0.3 is 0 Å². The van der Waals surface area contributed by atoms with E-state index in [4.69, 9.17) is 11.6 Å². The van der Waals surface area contributed by atoms with Crippen molar-refractivity contribution in [2.75, 3.05) is 5.75 Å². The second kappa shape index (κ2) is 4.43. The molecule has 1 rings (SSSR count). The van der Waals surface area contributed by atoms with Gasteiger partial charge in [-0.25, -0.2) is 0 Å². The minimum atomic E-state index is 0.195. The third-order valence-corrected chi connectivity index (χ3v) is 1.96. The highest BCUT2D eigenvalue weighted by Crippen LogP contribution is 2.26. The van der Waals surface area contributed by atoms with Crippen molar-refractivity contribution < 1.29 is 5.11 Å². The van der Waals surface area contributed by atoms with Crippen molar-refractivity contribution in [1.82, 2.24) is 0 Å².